The summed E-state index contributed by atoms with van der Waals surface area (Å²) in [4.78, 5) is 50.6. The number of likely N-dealkylation sites (N-methyl/N-ethyl adjacent to an activating group) is 1. The minimum absolute atomic E-state index is 0.0912. The molecule has 0 fully saturated rings. The summed E-state index contributed by atoms with van der Waals surface area (Å²) in [7, 11) is 1.63. The smallest absolute Gasteiger partial charge is 0.321 e. The van der Waals surface area contributed by atoms with Crippen molar-refractivity contribution in [1.82, 2.24) is 24.9 Å². The Morgan fingerprint density at radius 2 is 2.02 bits per heavy atom. The lowest BCUT2D eigenvalue weighted by atomic mass is 9.99. The Labute approximate surface area is 231 Å². The number of carbonyl (C=O) groups excluding carboxylic acids is 3. The summed E-state index contributed by atoms with van der Waals surface area (Å²) in [6.07, 6.45) is 3.60. The van der Waals surface area contributed by atoms with Crippen LogP contribution >= 0.6 is 0 Å². The van der Waals surface area contributed by atoms with E-state index in [0.29, 0.717) is 17.1 Å². The number of nitrogens with one attached hydrogen (secondary N) is 2. The molecule has 0 saturated carbocycles. The second kappa shape index (κ2) is 12.1. The van der Waals surface area contributed by atoms with Gasteiger partial charge in [0.2, 0.25) is 0 Å². The standard InChI is InChI=1S/C27H33N7O6/c1-15-12-34(16(2)14-35)26(37)19-7-6-8-20(30-25(36)21-11-28-9-10-29-21)24(19)39-22(15)13-33(5)27(38)31-23-17(3)32-40-18(23)4/h6-11,15-16,22,35H,12-14H2,1-5H3,(H,30,36)(H,31,38)/t15-,16+,22+/m0/s1. The molecule has 40 heavy (non-hydrogen) atoms. The van der Waals surface area contributed by atoms with Gasteiger partial charge in [0.05, 0.1) is 36.6 Å². The minimum Gasteiger partial charge on any atom is -0.485 e. The van der Waals surface area contributed by atoms with Gasteiger partial charge in [-0.3, -0.25) is 14.6 Å². The minimum atomic E-state index is -0.588. The normalized spacial score (nSPS) is 17.6. The zero-order valence-corrected chi connectivity index (χ0v) is 23.0. The molecule has 2 aromatic heterocycles. The zero-order chi connectivity index (χ0) is 29.0. The van der Waals surface area contributed by atoms with Crippen LogP contribution in [0.4, 0.5) is 16.2 Å². The molecule has 0 radical (unpaired) electrons. The molecule has 0 spiro atoms. The number of rotatable bonds is 7. The van der Waals surface area contributed by atoms with Gasteiger partial charge in [0.15, 0.2) is 11.5 Å². The molecule has 1 aromatic carbocycles. The maximum atomic E-state index is 13.6. The van der Waals surface area contributed by atoms with Gasteiger partial charge in [0.25, 0.3) is 11.8 Å². The number of ether oxygens (including phenoxy) is 1. The van der Waals surface area contributed by atoms with Crippen LogP contribution in [0.15, 0.2) is 41.3 Å². The van der Waals surface area contributed by atoms with Crippen LogP contribution in [0.25, 0.3) is 0 Å². The second-order valence-corrected chi connectivity index (χ2v) is 9.86. The Balaban J connectivity index is 1.66. The molecular weight excluding hydrogens is 518 g/mol. The molecule has 0 bridgehead atoms. The number of nitrogens with zero attached hydrogens (tertiary/aromatic N) is 5. The van der Waals surface area contributed by atoms with Crippen LogP contribution in [-0.4, -0.2) is 86.8 Å². The second-order valence-electron chi connectivity index (χ2n) is 9.86. The lowest BCUT2D eigenvalue weighted by molar-refractivity contribution is 0.0372. The fraction of sp³-hybridized carbons (Fsp3) is 0.407. The van der Waals surface area contributed by atoms with E-state index in [1.165, 1.54) is 23.5 Å². The van der Waals surface area contributed by atoms with Crippen molar-refractivity contribution in [3.63, 3.8) is 0 Å². The molecular formula is C27H33N7O6. The molecule has 1 aliphatic rings. The van der Waals surface area contributed by atoms with Crippen LogP contribution < -0.4 is 15.4 Å². The van der Waals surface area contributed by atoms with Crippen LogP contribution in [0.5, 0.6) is 5.75 Å². The summed E-state index contributed by atoms with van der Waals surface area (Å²) in [6.45, 7) is 7.29. The van der Waals surface area contributed by atoms with E-state index in [1.54, 1.807) is 50.9 Å². The van der Waals surface area contributed by atoms with Gasteiger partial charge in [-0.05, 0) is 32.9 Å². The van der Waals surface area contributed by atoms with E-state index in [1.807, 2.05) is 6.92 Å². The molecule has 13 nitrogen and oxygen atoms in total. The van der Waals surface area contributed by atoms with Gasteiger partial charge in [0.1, 0.15) is 23.2 Å². The first-order valence-electron chi connectivity index (χ1n) is 12.8. The number of fused-ring (bicyclic) bond motifs is 1. The number of benzene rings is 1. The third-order valence-corrected chi connectivity index (χ3v) is 6.80. The van der Waals surface area contributed by atoms with Crippen LogP contribution in [-0.2, 0) is 0 Å². The van der Waals surface area contributed by atoms with Crippen molar-refractivity contribution in [2.75, 3.05) is 37.4 Å². The van der Waals surface area contributed by atoms with E-state index < -0.39 is 24.1 Å². The van der Waals surface area contributed by atoms with Crippen LogP contribution in [0.1, 0.15) is 46.1 Å². The Kier molecular flexibility index (Phi) is 8.63. The molecule has 0 unspecified atom stereocenters. The van der Waals surface area contributed by atoms with Crippen LogP contribution in [0, 0.1) is 19.8 Å². The van der Waals surface area contributed by atoms with Crippen LogP contribution in [0.3, 0.4) is 0 Å². The summed E-state index contributed by atoms with van der Waals surface area (Å²) in [5, 5.41) is 19.3. The van der Waals surface area contributed by atoms with Crippen molar-refractivity contribution in [2.45, 2.75) is 39.8 Å². The average Bonchev–Trinajstić information content (AvgIpc) is 3.27. The van der Waals surface area contributed by atoms with Crippen molar-refractivity contribution in [3.05, 3.63) is 59.5 Å². The van der Waals surface area contributed by atoms with Crippen molar-refractivity contribution < 1.29 is 28.8 Å². The first-order chi connectivity index (χ1) is 19.1. The first-order valence-corrected chi connectivity index (χ1v) is 12.8. The van der Waals surface area contributed by atoms with Gasteiger partial charge in [-0.2, -0.15) is 0 Å². The predicted molar refractivity (Wildman–Crippen MR) is 145 cm³/mol. The van der Waals surface area contributed by atoms with Gasteiger partial charge in [-0.25, -0.2) is 9.78 Å². The van der Waals surface area contributed by atoms with Gasteiger partial charge in [0, 0.05) is 31.9 Å². The fourth-order valence-electron chi connectivity index (χ4n) is 4.38. The first kappa shape index (κ1) is 28.5. The highest BCUT2D eigenvalue weighted by Crippen LogP contribution is 2.35. The molecule has 4 amide bonds. The lowest BCUT2D eigenvalue weighted by Gasteiger charge is -2.38. The maximum Gasteiger partial charge on any atom is 0.321 e. The molecule has 0 aliphatic carbocycles. The van der Waals surface area contributed by atoms with E-state index in [9.17, 15) is 19.5 Å². The highest BCUT2D eigenvalue weighted by molar-refractivity contribution is 6.06. The number of aromatic nitrogens is 3. The number of aliphatic hydroxyl groups is 1. The van der Waals surface area contributed by atoms with Crippen LogP contribution in [0.2, 0.25) is 0 Å². The molecule has 0 saturated heterocycles. The van der Waals surface area contributed by atoms with E-state index in [4.69, 9.17) is 9.26 Å². The number of para-hydroxylation sites is 1. The van der Waals surface area contributed by atoms with E-state index in [-0.39, 0.29) is 54.2 Å². The number of aryl methyl sites for hydroxylation is 2. The number of hydrogen-bond donors (Lipinski definition) is 3. The summed E-state index contributed by atoms with van der Waals surface area (Å²) >= 11 is 0. The quantitative estimate of drug-likeness (QED) is 0.401. The zero-order valence-electron chi connectivity index (χ0n) is 23.0. The van der Waals surface area contributed by atoms with Gasteiger partial charge < -0.3 is 34.8 Å². The number of amides is 4. The van der Waals surface area contributed by atoms with Crippen molar-refractivity contribution in [2.24, 2.45) is 5.92 Å². The molecule has 3 atom stereocenters. The molecule has 212 valence electrons. The number of urea groups is 1. The Hall–Kier alpha value is -4.52. The average molecular weight is 552 g/mol. The van der Waals surface area contributed by atoms with E-state index in [2.05, 4.69) is 25.8 Å². The summed E-state index contributed by atoms with van der Waals surface area (Å²) in [6, 6.07) is 4.00. The van der Waals surface area contributed by atoms with Gasteiger partial charge in [-0.15, -0.1) is 0 Å². The molecule has 3 aromatic rings. The predicted octanol–water partition coefficient (Wildman–Crippen LogP) is 2.72. The third-order valence-electron chi connectivity index (χ3n) is 6.80. The monoisotopic (exact) mass is 551 g/mol. The summed E-state index contributed by atoms with van der Waals surface area (Å²) in [5.41, 5.74) is 1.63. The lowest BCUT2D eigenvalue weighted by Crippen LogP contribution is -2.50. The Morgan fingerprint density at radius 3 is 2.67 bits per heavy atom. The number of aliphatic hydroxyl groups excluding tert-OH is 1. The van der Waals surface area contributed by atoms with E-state index >= 15 is 0 Å². The molecule has 3 N–H and O–H groups in total. The highest BCUT2D eigenvalue weighted by atomic mass is 16.5. The topological polar surface area (TPSA) is 163 Å². The molecule has 3 heterocycles. The largest absolute Gasteiger partial charge is 0.485 e. The van der Waals surface area contributed by atoms with Crippen molar-refractivity contribution in [3.8, 4) is 5.75 Å². The third kappa shape index (κ3) is 6.04. The maximum absolute atomic E-state index is 13.6. The fourth-order valence-corrected chi connectivity index (χ4v) is 4.38. The SMILES string of the molecule is Cc1noc(C)c1NC(=O)N(C)C[C@H]1Oc2c(NC(=O)c3cnccn3)cccc2C(=O)N([C@H](C)CO)C[C@@H]1C. The van der Waals surface area contributed by atoms with Gasteiger partial charge >= 0.3 is 6.03 Å². The summed E-state index contributed by atoms with van der Waals surface area (Å²) in [5.74, 6) is -0.484. The van der Waals surface area contributed by atoms with Crippen molar-refractivity contribution in [1.29, 1.82) is 0 Å². The van der Waals surface area contributed by atoms with Gasteiger partial charge in [-0.1, -0.05) is 18.1 Å². The molecule has 4 rings (SSSR count). The Bertz CT molecular complexity index is 1360. The number of hydrogen-bond acceptors (Lipinski definition) is 9. The molecule has 1 aliphatic heterocycles. The summed E-state index contributed by atoms with van der Waals surface area (Å²) < 4.78 is 11.6. The Morgan fingerprint density at radius 1 is 1.25 bits per heavy atom. The van der Waals surface area contributed by atoms with E-state index in [0.717, 1.165) is 0 Å². The van der Waals surface area contributed by atoms with Crippen molar-refractivity contribution >= 4 is 29.2 Å². The molecule has 13 heteroatoms. The number of carbonyl (C=O) groups is 3. The number of anilines is 2. The highest BCUT2D eigenvalue weighted by Gasteiger charge is 2.35.